The maximum absolute atomic E-state index is 11.8. The van der Waals surface area contributed by atoms with Crippen molar-refractivity contribution >= 4 is 5.78 Å². The third-order valence-electron chi connectivity index (χ3n) is 3.15. The van der Waals surface area contributed by atoms with Gasteiger partial charge in [-0.05, 0) is 18.1 Å². The van der Waals surface area contributed by atoms with Gasteiger partial charge in [-0.3, -0.25) is 4.79 Å². The van der Waals surface area contributed by atoms with Gasteiger partial charge < -0.3 is 9.47 Å². The summed E-state index contributed by atoms with van der Waals surface area (Å²) in [5.74, 6) is 0.261. The SMILES string of the molecule is COC(C)OC.O=C(Cc1ccccc1)Cc1ccccc1. The van der Waals surface area contributed by atoms with E-state index in [9.17, 15) is 4.79 Å². The number of Topliss-reactive ketones (excluding diaryl/α,β-unsaturated/α-hetero) is 1. The first-order valence-electron chi connectivity index (χ1n) is 7.30. The summed E-state index contributed by atoms with van der Waals surface area (Å²) in [6.07, 6.45) is 0.982. The van der Waals surface area contributed by atoms with Gasteiger partial charge in [0.2, 0.25) is 0 Å². The lowest BCUT2D eigenvalue weighted by atomic mass is 10.0. The van der Waals surface area contributed by atoms with E-state index in [2.05, 4.69) is 9.47 Å². The lowest BCUT2D eigenvalue weighted by Gasteiger charge is -2.03. The minimum absolute atomic E-state index is 0.0648. The van der Waals surface area contributed by atoms with E-state index in [0.717, 1.165) is 11.1 Å². The fraction of sp³-hybridized carbons (Fsp3) is 0.316. The minimum atomic E-state index is -0.0648. The average molecular weight is 300 g/mol. The van der Waals surface area contributed by atoms with Crippen LogP contribution in [0.25, 0.3) is 0 Å². The Morgan fingerprint density at radius 2 is 1.18 bits per heavy atom. The van der Waals surface area contributed by atoms with Crippen molar-refractivity contribution in [3.63, 3.8) is 0 Å². The second-order valence-corrected chi connectivity index (χ2v) is 4.90. The maximum Gasteiger partial charge on any atom is 0.154 e. The third kappa shape index (κ3) is 7.72. The second-order valence-electron chi connectivity index (χ2n) is 4.90. The molecule has 0 saturated heterocycles. The lowest BCUT2D eigenvalue weighted by molar-refractivity contribution is -0.117. The van der Waals surface area contributed by atoms with Crippen LogP contribution in [0.15, 0.2) is 60.7 Å². The van der Waals surface area contributed by atoms with E-state index in [1.54, 1.807) is 14.2 Å². The van der Waals surface area contributed by atoms with Crippen LogP contribution in [0.3, 0.4) is 0 Å². The van der Waals surface area contributed by atoms with E-state index in [1.807, 2.05) is 67.6 Å². The topological polar surface area (TPSA) is 35.5 Å². The summed E-state index contributed by atoms with van der Waals surface area (Å²) in [4.78, 5) is 11.8. The number of benzene rings is 2. The van der Waals surface area contributed by atoms with Crippen LogP contribution in [0.1, 0.15) is 18.1 Å². The van der Waals surface area contributed by atoms with E-state index in [4.69, 9.17) is 0 Å². The molecule has 3 nitrogen and oxygen atoms in total. The van der Waals surface area contributed by atoms with Gasteiger partial charge in [-0.15, -0.1) is 0 Å². The minimum Gasteiger partial charge on any atom is -0.356 e. The van der Waals surface area contributed by atoms with E-state index in [1.165, 1.54) is 0 Å². The van der Waals surface area contributed by atoms with Crippen molar-refractivity contribution in [2.45, 2.75) is 26.1 Å². The van der Waals surface area contributed by atoms with Gasteiger partial charge in [0.25, 0.3) is 0 Å². The molecule has 0 N–H and O–H groups in total. The molecular weight excluding hydrogens is 276 g/mol. The summed E-state index contributed by atoms with van der Waals surface area (Å²) in [7, 11) is 3.21. The fourth-order valence-electron chi connectivity index (χ4n) is 1.81. The summed E-state index contributed by atoms with van der Waals surface area (Å²) in [5.41, 5.74) is 2.17. The zero-order chi connectivity index (χ0) is 16.2. The largest absolute Gasteiger partial charge is 0.356 e. The van der Waals surface area contributed by atoms with Crippen molar-refractivity contribution in [3.05, 3.63) is 71.8 Å². The molecule has 3 heteroatoms. The van der Waals surface area contributed by atoms with E-state index in [0.29, 0.717) is 12.8 Å². The number of ether oxygens (including phenoxy) is 2. The number of methoxy groups -OCH3 is 2. The molecular formula is C19H24O3. The van der Waals surface area contributed by atoms with Gasteiger partial charge in [0.05, 0.1) is 0 Å². The summed E-state index contributed by atoms with van der Waals surface area (Å²) in [5, 5.41) is 0. The molecule has 0 amide bonds. The molecule has 2 aromatic carbocycles. The highest BCUT2D eigenvalue weighted by atomic mass is 16.7. The molecule has 0 atom stereocenters. The van der Waals surface area contributed by atoms with Crippen molar-refractivity contribution in [2.24, 2.45) is 0 Å². The maximum atomic E-state index is 11.8. The molecule has 0 aromatic heterocycles. The van der Waals surface area contributed by atoms with E-state index < -0.39 is 0 Å². The van der Waals surface area contributed by atoms with Crippen molar-refractivity contribution in [1.82, 2.24) is 0 Å². The number of rotatable bonds is 6. The van der Waals surface area contributed by atoms with Gasteiger partial charge in [0, 0.05) is 27.1 Å². The zero-order valence-corrected chi connectivity index (χ0v) is 13.5. The molecule has 22 heavy (non-hydrogen) atoms. The fourth-order valence-corrected chi connectivity index (χ4v) is 1.81. The van der Waals surface area contributed by atoms with Crippen LogP contribution in [0, 0.1) is 0 Å². The third-order valence-corrected chi connectivity index (χ3v) is 3.15. The molecule has 2 aromatic rings. The normalized spacial score (nSPS) is 10.0. The van der Waals surface area contributed by atoms with Crippen LogP contribution >= 0.6 is 0 Å². The Labute approximate surface area is 132 Å². The molecule has 0 aliphatic heterocycles. The highest BCUT2D eigenvalue weighted by molar-refractivity contribution is 5.83. The summed E-state index contributed by atoms with van der Waals surface area (Å²) in [6.45, 7) is 1.83. The summed E-state index contributed by atoms with van der Waals surface area (Å²) >= 11 is 0. The van der Waals surface area contributed by atoms with Crippen molar-refractivity contribution in [2.75, 3.05) is 14.2 Å². The Kier molecular flexibility index (Phi) is 8.80. The van der Waals surface area contributed by atoms with Crippen LogP contribution in [0.5, 0.6) is 0 Å². The predicted octanol–water partition coefficient (Wildman–Crippen LogP) is 3.67. The molecule has 0 spiro atoms. The van der Waals surface area contributed by atoms with E-state index in [-0.39, 0.29) is 12.1 Å². The standard InChI is InChI=1S/C15H14O.C4H10O2/c16-15(11-13-7-3-1-4-8-13)12-14-9-5-2-6-10-14;1-4(5-2)6-3/h1-10H,11-12H2;4H,1-3H3. The highest BCUT2D eigenvalue weighted by Gasteiger charge is 2.04. The first kappa shape index (κ1) is 18.1. The van der Waals surface area contributed by atoms with Crippen molar-refractivity contribution < 1.29 is 14.3 Å². The number of hydrogen-bond donors (Lipinski definition) is 0. The Morgan fingerprint density at radius 1 is 0.818 bits per heavy atom. The van der Waals surface area contributed by atoms with Gasteiger partial charge in [-0.25, -0.2) is 0 Å². The van der Waals surface area contributed by atoms with Gasteiger partial charge in [0.1, 0.15) is 5.78 Å². The molecule has 0 saturated carbocycles. The van der Waals surface area contributed by atoms with Crippen LogP contribution in [0.4, 0.5) is 0 Å². The van der Waals surface area contributed by atoms with Crippen molar-refractivity contribution in [1.29, 1.82) is 0 Å². The predicted molar refractivity (Wildman–Crippen MR) is 88.8 cm³/mol. The molecule has 0 heterocycles. The number of carbonyl (C=O) groups excluding carboxylic acids is 1. The first-order chi connectivity index (χ1) is 10.7. The van der Waals surface area contributed by atoms with E-state index >= 15 is 0 Å². The van der Waals surface area contributed by atoms with Crippen molar-refractivity contribution in [3.8, 4) is 0 Å². The van der Waals surface area contributed by atoms with Crippen LogP contribution in [-0.4, -0.2) is 26.3 Å². The Morgan fingerprint density at radius 3 is 1.45 bits per heavy atom. The van der Waals surface area contributed by atoms with Crippen LogP contribution < -0.4 is 0 Å². The molecule has 0 fully saturated rings. The molecule has 118 valence electrons. The second kappa shape index (κ2) is 10.7. The highest BCUT2D eigenvalue weighted by Crippen LogP contribution is 2.05. The van der Waals surface area contributed by atoms with Crippen LogP contribution in [-0.2, 0) is 27.1 Å². The van der Waals surface area contributed by atoms with Gasteiger partial charge in [0.15, 0.2) is 6.29 Å². The molecule has 0 aliphatic rings. The molecule has 0 unspecified atom stereocenters. The lowest BCUT2D eigenvalue weighted by Crippen LogP contribution is -2.06. The summed E-state index contributed by atoms with van der Waals surface area (Å²) < 4.78 is 9.35. The quantitative estimate of drug-likeness (QED) is 0.764. The zero-order valence-electron chi connectivity index (χ0n) is 13.5. The number of carbonyl (C=O) groups is 1. The molecule has 2 rings (SSSR count). The Bertz CT molecular complexity index is 475. The first-order valence-corrected chi connectivity index (χ1v) is 7.30. The van der Waals surface area contributed by atoms with Crippen LogP contribution in [0.2, 0.25) is 0 Å². The molecule has 0 radical (unpaired) electrons. The average Bonchev–Trinajstić information content (AvgIpc) is 2.56. The van der Waals surface area contributed by atoms with Gasteiger partial charge in [-0.2, -0.15) is 0 Å². The smallest absolute Gasteiger partial charge is 0.154 e. The molecule has 0 bridgehead atoms. The molecule has 0 aliphatic carbocycles. The van der Waals surface area contributed by atoms with Gasteiger partial charge >= 0.3 is 0 Å². The van der Waals surface area contributed by atoms with Gasteiger partial charge in [-0.1, -0.05) is 60.7 Å². The monoisotopic (exact) mass is 300 g/mol. The Hall–Kier alpha value is -1.97. The number of hydrogen-bond acceptors (Lipinski definition) is 3. The Balaban J connectivity index is 0.000000346. The summed E-state index contributed by atoms with van der Waals surface area (Å²) in [6, 6.07) is 19.7. The number of ketones is 1.